The van der Waals surface area contributed by atoms with Crippen molar-refractivity contribution in [2.24, 2.45) is 0 Å². The number of hydrogen-bond acceptors (Lipinski definition) is 4. The molecule has 5 heteroatoms. The van der Waals surface area contributed by atoms with Crippen LogP contribution in [0.3, 0.4) is 0 Å². The van der Waals surface area contributed by atoms with Crippen LogP contribution in [0.4, 0.5) is 0 Å². The van der Waals surface area contributed by atoms with Gasteiger partial charge in [0.05, 0.1) is 11.4 Å². The maximum absolute atomic E-state index is 10.8. The molecule has 0 radical (unpaired) electrons. The van der Waals surface area contributed by atoms with Gasteiger partial charge in [-0.05, 0) is 18.1 Å². The van der Waals surface area contributed by atoms with Crippen LogP contribution >= 0.6 is 11.3 Å². The Kier molecular flexibility index (Phi) is 4.65. The van der Waals surface area contributed by atoms with Gasteiger partial charge in [0.15, 0.2) is 0 Å². The van der Waals surface area contributed by atoms with E-state index in [1.165, 1.54) is 4.88 Å². The summed E-state index contributed by atoms with van der Waals surface area (Å²) in [5.74, 6) is -0.800. The van der Waals surface area contributed by atoms with Gasteiger partial charge in [0.1, 0.15) is 0 Å². The highest BCUT2D eigenvalue weighted by atomic mass is 32.1. The number of carboxylic acids is 1. The summed E-state index contributed by atoms with van der Waals surface area (Å²) in [7, 11) is 0. The summed E-state index contributed by atoms with van der Waals surface area (Å²) in [5.41, 5.74) is 1.90. The second kappa shape index (κ2) is 6.45. The van der Waals surface area contributed by atoms with Gasteiger partial charge in [-0.1, -0.05) is 24.3 Å². The highest BCUT2D eigenvalue weighted by Crippen LogP contribution is 2.13. The van der Waals surface area contributed by atoms with E-state index in [1.54, 1.807) is 11.3 Å². The number of carbonyl (C=O) groups is 1. The summed E-state index contributed by atoms with van der Waals surface area (Å²) in [4.78, 5) is 16.2. The van der Waals surface area contributed by atoms with Crippen molar-refractivity contribution in [2.75, 3.05) is 0 Å². The first-order valence-corrected chi connectivity index (χ1v) is 6.87. The molecule has 0 spiro atoms. The Morgan fingerprint density at radius 2 is 2.05 bits per heavy atom. The molecule has 0 fully saturated rings. The average molecular weight is 276 g/mol. The molecule has 2 aromatic rings. The third-order valence-corrected chi connectivity index (χ3v) is 3.66. The van der Waals surface area contributed by atoms with Gasteiger partial charge >= 0.3 is 5.97 Å². The predicted molar refractivity (Wildman–Crippen MR) is 75.2 cm³/mol. The fourth-order valence-corrected chi connectivity index (χ4v) is 2.64. The number of hydrogen-bond donors (Lipinski definition) is 2. The smallest absolute Gasteiger partial charge is 0.307 e. The molecule has 100 valence electrons. The molecular weight excluding hydrogens is 260 g/mol. The van der Waals surface area contributed by atoms with Crippen LogP contribution in [0, 0.1) is 6.92 Å². The summed E-state index contributed by atoms with van der Waals surface area (Å²) in [5, 5.41) is 13.3. The Morgan fingerprint density at radius 3 is 2.68 bits per heavy atom. The standard InChI is InChI=1S/C14H16N2O2S/c1-10-16-9-13(19-10)8-15-7-12-5-3-2-4-11(12)6-14(17)18/h2-5,9,15H,6-8H2,1H3,(H,17,18). The lowest BCUT2D eigenvalue weighted by Gasteiger charge is -2.08. The molecule has 0 saturated carbocycles. The van der Waals surface area contributed by atoms with E-state index in [9.17, 15) is 4.79 Å². The van der Waals surface area contributed by atoms with Crippen LogP contribution in [-0.4, -0.2) is 16.1 Å². The monoisotopic (exact) mass is 276 g/mol. The SMILES string of the molecule is Cc1ncc(CNCc2ccccc2CC(=O)O)s1. The van der Waals surface area contributed by atoms with Crippen LogP contribution in [0.2, 0.25) is 0 Å². The molecule has 0 aliphatic heterocycles. The van der Waals surface area contributed by atoms with E-state index < -0.39 is 5.97 Å². The Hall–Kier alpha value is -1.72. The number of aromatic nitrogens is 1. The first-order chi connectivity index (χ1) is 9.15. The minimum absolute atomic E-state index is 0.0670. The second-order valence-corrected chi connectivity index (χ2v) is 5.61. The molecule has 4 nitrogen and oxygen atoms in total. The molecule has 2 N–H and O–H groups in total. The highest BCUT2D eigenvalue weighted by Gasteiger charge is 2.06. The van der Waals surface area contributed by atoms with E-state index in [4.69, 9.17) is 5.11 Å². The van der Waals surface area contributed by atoms with E-state index in [0.717, 1.165) is 22.7 Å². The van der Waals surface area contributed by atoms with Gasteiger partial charge < -0.3 is 10.4 Å². The summed E-state index contributed by atoms with van der Waals surface area (Å²) < 4.78 is 0. The summed E-state index contributed by atoms with van der Waals surface area (Å²) in [6.07, 6.45) is 1.94. The minimum atomic E-state index is -0.800. The first-order valence-electron chi connectivity index (χ1n) is 6.06. The number of thiazole rings is 1. The molecule has 1 aromatic heterocycles. The van der Waals surface area contributed by atoms with Gasteiger partial charge in [0.2, 0.25) is 0 Å². The average Bonchev–Trinajstić information content (AvgIpc) is 2.77. The lowest BCUT2D eigenvalue weighted by molar-refractivity contribution is -0.136. The van der Waals surface area contributed by atoms with Crippen molar-refractivity contribution in [3.63, 3.8) is 0 Å². The molecule has 0 saturated heterocycles. The quantitative estimate of drug-likeness (QED) is 0.850. The van der Waals surface area contributed by atoms with Crippen LogP contribution in [0.15, 0.2) is 30.5 Å². The number of aryl methyl sites for hydroxylation is 1. The third kappa shape index (κ3) is 4.15. The third-order valence-electron chi connectivity index (χ3n) is 2.74. The van der Waals surface area contributed by atoms with Crippen molar-refractivity contribution < 1.29 is 9.90 Å². The van der Waals surface area contributed by atoms with Crippen molar-refractivity contribution in [1.29, 1.82) is 0 Å². The Labute approximate surface area is 116 Å². The molecule has 1 aromatic carbocycles. The number of nitrogens with one attached hydrogen (secondary N) is 1. The van der Waals surface area contributed by atoms with Gasteiger partial charge in [-0.2, -0.15) is 0 Å². The normalized spacial score (nSPS) is 10.6. The minimum Gasteiger partial charge on any atom is -0.481 e. The summed E-state index contributed by atoms with van der Waals surface area (Å²) in [6.45, 7) is 3.41. The van der Waals surface area contributed by atoms with Gasteiger partial charge in [0, 0.05) is 24.2 Å². The van der Waals surface area contributed by atoms with E-state index in [-0.39, 0.29) is 6.42 Å². The molecule has 2 rings (SSSR count). The summed E-state index contributed by atoms with van der Waals surface area (Å²) in [6, 6.07) is 7.62. The molecule has 0 atom stereocenters. The maximum Gasteiger partial charge on any atom is 0.307 e. The van der Waals surface area contributed by atoms with E-state index in [1.807, 2.05) is 37.4 Å². The largest absolute Gasteiger partial charge is 0.481 e. The van der Waals surface area contributed by atoms with Crippen LogP contribution in [0.25, 0.3) is 0 Å². The maximum atomic E-state index is 10.8. The lowest BCUT2D eigenvalue weighted by atomic mass is 10.0. The zero-order valence-corrected chi connectivity index (χ0v) is 11.5. The number of nitrogens with zero attached hydrogens (tertiary/aromatic N) is 1. The molecular formula is C14H16N2O2S. The van der Waals surface area contributed by atoms with Gasteiger partial charge in [-0.15, -0.1) is 11.3 Å². The van der Waals surface area contributed by atoms with Gasteiger partial charge in [0.25, 0.3) is 0 Å². The van der Waals surface area contributed by atoms with Crippen molar-refractivity contribution in [1.82, 2.24) is 10.3 Å². The second-order valence-electron chi connectivity index (χ2n) is 4.29. The number of rotatable bonds is 6. The Balaban J connectivity index is 1.93. The molecule has 0 aliphatic rings. The Morgan fingerprint density at radius 1 is 1.32 bits per heavy atom. The number of carboxylic acid groups (broad SMARTS) is 1. The van der Waals surface area contributed by atoms with Crippen molar-refractivity contribution in [2.45, 2.75) is 26.4 Å². The highest BCUT2D eigenvalue weighted by molar-refractivity contribution is 7.11. The van der Waals surface area contributed by atoms with Crippen LogP contribution in [-0.2, 0) is 24.3 Å². The molecule has 0 aliphatic carbocycles. The zero-order valence-electron chi connectivity index (χ0n) is 10.7. The topological polar surface area (TPSA) is 62.2 Å². The van der Waals surface area contributed by atoms with Crippen molar-refractivity contribution in [3.05, 3.63) is 51.5 Å². The van der Waals surface area contributed by atoms with Crippen LogP contribution in [0.5, 0.6) is 0 Å². The van der Waals surface area contributed by atoms with E-state index >= 15 is 0 Å². The van der Waals surface area contributed by atoms with E-state index in [2.05, 4.69) is 10.3 Å². The fourth-order valence-electron chi connectivity index (χ4n) is 1.87. The van der Waals surface area contributed by atoms with Gasteiger partial charge in [-0.3, -0.25) is 4.79 Å². The summed E-state index contributed by atoms with van der Waals surface area (Å²) >= 11 is 1.67. The number of benzene rings is 1. The van der Waals surface area contributed by atoms with E-state index in [0.29, 0.717) is 6.54 Å². The van der Waals surface area contributed by atoms with Crippen molar-refractivity contribution in [3.8, 4) is 0 Å². The first kappa shape index (κ1) is 13.7. The number of aliphatic carboxylic acids is 1. The van der Waals surface area contributed by atoms with Gasteiger partial charge in [-0.25, -0.2) is 4.98 Å². The molecule has 19 heavy (non-hydrogen) atoms. The Bertz CT molecular complexity index is 566. The lowest BCUT2D eigenvalue weighted by Crippen LogP contribution is -2.14. The van der Waals surface area contributed by atoms with Crippen LogP contribution < -0.4 is 5.32 Å². The molecule has 0 amide bonds. The zero-order chi connectivity index (χ0) is 13.7. The molecule has 0 unspecified atom stereocenters. The van der Waals surface area contributed by atoms with Crippen LogP contribution in [0.1, 0.15) is 21.0 Å². The molecule has 1 heterocycles. The van der Waals surface area contributed by atoms with Crippen molar-refractivity contribution >= 4 is 17.3 Å². The predicted octanol–water partition coefficient (Wildman–Crippen LogP) is 2.37. The molecule has 0 bridgehead atoms. The fraction of sp³-hybridized carbons (Fsp3) is 0.286.